The minimum atomic E-state index is -1.51. The molecule has 0 aromatic heterocycles. The fraction of sp³-hybridized carbons (Fsp3) is 0.733. The maximum Gasteiger partial charge on any atom is 0.184 e. The molecule has 0 heterocycles. The van der Waals surface area contributed by atoms with Gasteiger partial charge in [-0.3, -0.25) is 0 Å². The van der Waals surface area contributed by atoms with Gasteiger partial charge in [-0.15, -0.1) is 0 Å². The molecule has 2 atom stereocenters. The van der Waals surface area contributed by atoms with Crippen molar-refractivity contribution < 1.29 is 4.43 Å². The largest absolute Gasteiger partial charge is 0.414 e. The average Bonchev–Trinajstić information content (AvgIpc) is 2.22. The molecule has 0 aromatic rings. The first kappa shape index (κ1) is 18.4. The van der Waals surface area contributed by atoms with Gasteiger partial charge in [0.15, 0.2) is 8.32 Å². The fourth-order valence-electron chi connectivity index (χ4n) is 1.94. The maximum atomic E-state index is 6.42. The number of allylic oxidation sites excluding steroid dienone is 2. The highest BCUT2D eigenvalue weighted by molar-refractivity contribution is 14.1. The SMILES string of the molecule is C/C=C/[C@H](C)C(C)(C)[C@H](C/C=C\I)O[Si](C)(C)C. The Balaban J connectivity index is 5.03. The zero-order valence-corrected chi connectivity index (χ0v) is 16.1. The lowest BCUT2D eigenvalue weighted by atomic mass is 9.74. The van der Waals surface area contributed by atoms with Crippen LogP contribution in [-0.4, -0.2) is 14.4 Å². The van der Waals surface area contributed by atoms with Gasteiger partial charge in [0.05, 0.1) is 6.10 Å². The van der Waals surface area contributed by atoms with E-state index in [4.69, 9.17) is 4.43 Å². The summed E-state index contributed by atoms with van der Waals surface area (Å²) >= 11 is 2.28. The molecule has 0 radical (unpaired) electrons. The molecule has 0 amide bonds. The smallest absolute Gasteiger partial charge is 0.184 e. The Morgan fingerprint density at radius 1 is 1.28 bits per heavy atom. The van der Waals surface area contributed by atoms with Gasteiger partial charge in [-0.1, -0.05) is 61.6 Å². The predicted octanol–water partition coefficient (Wildman–Crippen LogP) is 5.78. The van der Waals surface area contributed by atoms with Crippen LogP contribution in [0.15, 0.2) is 22.3 Å². The summed E-state index contributed by atoms with van der Waals surface area (Å²) in [6, 6.07) is 0. The summed E-state index contributed by atoms with van der Waals surface area (Å²) in [5, 5.41) is 0. The molecule has 0 bridgehead atoms. The quantitative estimate of drug-likeness (QED) is 0.309. The van der Waals surface area contributed by atoms with Gasteiger partial charge in [0.2, 0.25) is 0 Å². The van der Waals surface area contributed by atoms with Crippen molar-refractivity contribution in [2.24, 2.45) is 11.3 Å². The van der Waals surface area contributed by atoms with Crippen molar-refractivity contribution >= 4 is 30.9 Å². The van der Waals surface area contributed by atoms with E-state index in [1.807, 2.05) is 0 Å². The van der Waals surface area contributed by atoms with Crippen LogP contribution in [0.2, 0.25) is 19.6 Å². The van der Waals surface area contributed by atoms with E-state index in [-0.39, 0.29) is 5.41 Å². The molecule has 3 heteroatoms. The van der Waals surface area contributed by atoms with Crippen LogP contribution < -0.4 is 0 Å². The third-order valence-corrected chi connectivity index (χ3v) is 4.92. The van der Waals surface area contributed by atoms with Crippen LogP contribution in [0.25, 0.3) is 0 Å². The molecule has 0 spiro atoms. The van der Waals surface area contributed by atoms with Crippen molar-refractivity contribution in [2.45, 2.75) is 59.9 Å². The Labute approximate surface area is 128 Å². The Kier molecular flexibility index (Phi) is 8.02. The maximum absolute atomic E-state index is 6.42. The van der Waals surface area contributed by atoms with Crippen molar-refractivity contribution in [1.29, 1.82) is 0 Å². The Morgan fingerprint density at radius 2 is 1.83 bits per heavy atom. The molecule has 0 N–H and O–H groups in total. The lowest BCUT2D eigenvalue weighted by molar-refractivity contribution is 0.0426. The third kappa shape index (κ3) is 6.52. The molecule has 0 aliphatic carbocycles. The van der Waals surface area contributed by atoms with Crippen molar-refractivity contribution in [1.82, 2.24) is 0 Å². The van der Waals surface area contributed by atoms with E-state index in [1.54, 1.807) is 0 Å². The topological polar surface area (TPSA) is 9.23 Å². The van der Waals surface area contributed by atoms with E-state index >= 15 is 0 Å². The molecule has 0 fully saturated rings. The molecule has 0 rings (SSSR count). The first-order valence-electron chi connectivity index (χ1n) is 6.71. The zero-order chi connectivity index (χ0) is 14.4. The lowest BCUT2D eigenvalue weighted by Crippen LogP contribution is -2.43. The highest BCUT2D eigenvalue weighted by Gasteiger charge is 2.36. The lowest BCUT2D eigenvalue weighted by Gasteiger charge is -2.41. The molecule has 0 aliphatic heterocycles. The van der Waals surface area contributed by atoms with E-state index in [0.29, 0.717) is 12.0 Å². The van der Waals surface area contributed by atoms with Gasteiger partial charge in [0.1, 0.15) is 0 Å². The Hall–Kier alpha value is 0.387. The molecule has 0 aromatic carbocycles. The van der Waals surface area contributed by atoms with Crippen LogP contribution >= 0.6 is 22.6 Å². The molecule has 106 valence electrons. The van der Waals surface area contributed by atoms with Gasteiger partial charge in [0, 0.05) is 0 Å². The highest BCUT2D eigenvalue weighted by Crippen LogP contribution is 2.37. The summed E-state index contributed by atoms with van der Waals surface area (Å²) in [6.07, 6.45) is 7.94. The summed E-state index contributed by atoms with van der Waals surface area (Å²) in [6.45, 7) is 15.8. The summed E-state index contributed by atoms with van der Waals surface area (Å²) < 4.78 is 8.51. The monoisotopic (exact) mass is 380 g/mol. The predicted molar refractivity (Wildman–Crippen MR) is 93.8 cm³/mol. The van der Waals surface area contributed by atoms with E-state index in [0.717, 1.165) is 6.42 Å². The second kappa shape index (κ2) is 7.85. The highest BCUT2D eigenvalue weighted by atomic mass is 127. The standard InChI is InChI=1S/C15H29IOSi/c1-8-10-13(2)15(3,4)14(11-9-12-16)17-18(5,6)7/h8-10,12-14H,11H2,1-7H3/b10-8+,12-9-/t13-,14-/m0/s1. The normalized spacial score (nSPS) is 17.6. The second-order valence-corrected chi connectivity index (χ2v) is 11.6. The summed E-state index contributed by atoms with van der Waals surface area (Å²) in [4.78, 5) is 0. The number of halogens is 1. The van der Waals surface area contributed by atoms with Gasteiger partial charge in [-0.05, 0) is 48.4 Å². The van der Waals surface area contributed by atoms with Crippen LogP contribution in [0.5, 0.6) is 0 Å². The summed E-state index contributed by atoms with van der Waals surface area (Å²) in [5.74, 6) is 0.520. The van der Waals surface area contributed by atoms with E-state index in [1.165, 1.54) is 0 Å². The van der Waals surface area contributed by atoms with Gasteiger partial charge < -0.3 is 4.43 Å². The van der Waals surface area contributed by atoms with E-state index in [2.05, 4.69) is 92.2 Å². The summed E-state index contributed by atoms with van der Waals surface area (Å²) in [5.41, 5.74) is 0.156. The van der Waals surface area contributed by atoms with Crippen LogP contribution in [0.1, 0.15) is 34.1 Å². The molecule has 1 nitrogen and oxygen atoms in total. The number of rotatable bonds is 7. The second-order valence-electron chi connectivity index (χ2n) is 6.45. The van der Waals surface area contributed by atoms with E-state index in [9.17, 15) is 0 Å². The van der Waals surface area contributed by atoms with Crippen molar-refractivity contribution in [3.63, 3.8) is 0 Å². The first-order chi connectivity index (χ1) is 8.15. The fourth-order valence-corrected chi connectivity index (χ4v) is 3.48. The first-order valence-corrected chi connectivity index (χ1v) is 11.4. The van der Waals surface area contributed by atoms with Crippen molar-refractivity contribution in [2.75, 3.05) is 0 Å². The summed E-state index contributed by atoms with van der Waals surface area (Å²) in [7, 11) is -1.51. The van der Waals surface area contributed by atoms with Gasteiger partial charge >= 0.3 is 0 Å². The van der Waals surface area contributed by atoms with Crippen LogP contribution in [0.4, 0.5) is 0 Å². The average molecular weight is 380 g/mol. The zero-order valence-electron chi connectivity index (χ0n) is 13.0. The molecule has 0 saturated carbocycles. The minimum Gasteiger partial charge on any atom is -0.414 e. The van der Waals surface area contributed by atoms with Crippen LogP contribution in [-0.2, 0) is 4.43 Å². The number of hydrogen-bond acceptors (Lipinski definition) is 1. The molecule has 0 saturated heterocycles. The molecular formula is C15H29IOSi. The van der Waals surface area contributed by atoms with Crippen molar-refractivity contribution in [3.05, 3.63) is 22.3 Å². The van der Waals surface area contributed by atoms with Gasteiger partial charge in [0.25, 0.3) is 0 Å². The van der Waals surface area contributed by atoms with Crippen molar-refractivity contribution in [3.8, 4) is 0 Å². The number of hydrogen-bond donors (Lipinski definition) is 0. The molecular weight excluding hydrogens is 351 g/mol. The van der Waals surface area contributed by atoms with Crippen LogP contribution in [0, 0.1) is 11.3 Å². The van der Waals surface area contributed by atoms with Gasteiger partial charge in [-0.25, -0.2) is 0 Å². The third-order valence-electron chi connectivity index (χ3n) is 3.42. The molecule has 0 aliphatic rings. The minimum absolute atomic E-state index is 0.156. The van der Waals surface area contributed by atoms with Crippen LogP contribution in [0.3, 0.4) is 0 Å². The Morgan fingerprint density at radius 3 is 2.22 bits per heavy atom. The Bertz CT molecular complexity index is 289. The van der Waals surface area contributed by atoms with E-state index < -0.39 is 8.32 Å². The molecule has 18 heavy (non-hydrogen) atoms. The van der Waals surface area contributed by atoms with Gasteiger partial charge in [-0.2, -0.15) is 0 Å². The molecule has 0 unspecified atom stereocenters.